The van der Waals surface area contributed by atoms with E-state index >= 15 is 0 Å². The van der Waals surface area contributed by atoms with Gasteiger partial charge in [-0.1, -0.05) is 19.8 Å². The second-order valence-electron chi connectivity index (χ2n) is 2.74. The van der Waals surface area contributed by atoms with Crippen molar-refractivity contribution in [3.63, 3.8) is 0 Å². The fourth-order valence-corrected chi connectivity index (χ4v) is 0.889. The highest BCUT2D eigenvalue weighted by Crippen LogP contribution is 1.90. The lowest BCUT2D eigenvalue weighted by Gasteiger charge is -2.09. The standard InChI is InChI=1S/C8H19N5/c1-3-4-5-6-12-8(11-2)13-7(9)10/h3-6H2,1-2H3,(H5,9,10,11,12,13). The summed E-state index contributed by atoms with van der Waals surface area (Å²) in [6.07, 6.45) is 3.50. The largest absolute Gasteiger partial charge is 0.370 e. The van der Waals surface area contributed by atoms with Crippen molar-refractivity contribution in [1.82, 2.24) is 10.6 Å². The Bertz CT molecular complexity index is 175. The molecule has 0 saturated heterocycles. The van der Waals surface area contributed by atoms with Crippen LogP contribution in [-0.2, 0) is 0 Å². The van der Waals surface area contributed by atoms with Crippen molar-refractivity contribution in [2.24, 2.45) is 10.7 Å². The predicted octanol–water partition coefficient (Wildman–Crippen LogP) is 0.235. The van der Waals surface area contributed by atoms with E-state index < -0.39 is 0 Å². The lowest BCUT2D eigenvalue weighted by Crippen LogP contribution is -2.44. The van der Waals surface area contributed by atoms with Crippen LogP contribution in [0.2, 0.25) is 0 Å². The summed E-state index contributed by atoms with van der Waals surface area (Å²) in [6.45, 7) is 3.02. The number of hydrogen-bond acceptors (Lipinski definition) is 2. The average molecular weight is 185 g/mol. The van der Waals surface area contributed by atoms with Crippen LogP contribution in [0.5, 0.6) is 0 Å². The third-order valence-electron chi connectivity index (χ3n) is 1.55. The number of guanidine groups is 2. The molecule has 0 aliphatic heterocycles. The van der Waals surface area contributed by atoms with Crippen molar-refractivity contribution in [2.45, 2.75) is 26.2 Å². The predicted molar refractivity (Wildman–Crippen MR) is 55.9 cm³/mol. The molecule has 0 fully saturated rings. The molecule has 0 bridgehead atoms. The molecule has 0 atom stereocenters. The second kappa shape index (κ2) is 7.39. The average Bonchev–Trinajstić information content (AvgIpc) is 2.09. The Morgan fingerprint density at radius 2 is 2.15 bits per heavy atom. The first-order valence-electron chi connectivity index (χ1n) is 4.52. The van der Waals surface area contributed by atoms with Gasteiger partial charge in [0, 0.05) is 13.6 Å². The third-order valence-corrected chi connectivity index (χ3v) is 1.55. The van der Waals surface area contributed by atoms with Gasteiger partial charge in [-0.3, -0.25) is 15.7 Å². The molecule has 0 aromatic carbocycles. The normalized spacial score (nSPS) is 11.1. The molecule has 76 valence electrons. The molecular formula is C8H19N5. The fraction of sp³-hybridized carbons (Fsp3) is 0.750. The molecule has 0 unspecified atom stereocenters. The van der Waals surface area contributed by atoms with Gasteiger partial charge >= 0.3 is 0 Å². The lowest BCUT2D eigenvalue weighted by atomic mass is 10.2. The molecule has 0 radical (unpaired) electrons. The molecule has 0 saturated carbocycles. The fourth-order valence-electron chi connectivity index (χ4n) is 0.889. The van der Waals surface area contributed by atoms with E-state index in [1.165, 1.54) is 12.8 Å². The van der Waals surface area contributed by atoms with E-state index in [2.05, 4.69) is 22.5 Å². The van der Waals surface area contributed by atoms with Crippen LogP contribution in [0.4, 0.5) is 0 Å². The first-order valence-corrected chi connectivity index (χ1v) is 4.52. The van der Waals surface area contributed by atoms with Gasteiger partial charge in [-0.25, -0.2) is 0 Å². The molecule has 0 rings (SSSR count). The summed E-state index contributed by atoms with van der Waals surface area (Å²) in [7, 11) is 1.65. The van der Waals surface area contributed by atoms with E-state index in [4.69, 9.17) is 11.1 Å². The van der Waals surface area contributed by atoms with Crippen molar-refractivity contribution in [3.8, 4) is 0 Å². The van der Waals surface area contributed by atoms with Crippen LogP contribution >= 0.6 is 0 Å². The maximum Gasteiger partial charge on any atom is 0.197 e. The van der Waals surface area contributed by atoms with Crippen LogP contribution in [0.3, 0.4) is 0 Å². The van der Waals surface area contributed by atoms with E-state index in [1.54, 1.807) is 7.05 Å². The van der Waals surface area contributed by atoms with Gasteiger partial charge in [0.1, 0.15) is 0 Å². The van der Waals surface area contributed by atoms with Crippen molar-refractivity contribution in [1.29, 1.82) is 5.41 Å². The first kappa shape index (κ1) is 11.7. The number of aliphatic imine (C=N–C) groups is 1. The number of nitrogens with two attached hydrogens (primary N) is 1. The van der Waals surface area contributed by atoms with Gasteiger partial charge in [0.2, 0.25) is 0 Å². The number of unbranched alkanes of at least 4 members (excludes halogenated alkanes) is 2. The summed E-state index contributed by atoms with van der Waals surface area (Å²) in [5.41, 5.74) is 5.15. The van der Waals surface area contributed by atoms with Crippen LogP contribution in [0.25, 0.3) is 0 Å². The Kier molecular flexibility index (Phi) is 6.68. The highest BCUT2D eigenvalue weighted by atomic mass is 15.2. The van der Waals surface area contributed by atoms with Crippen molar-refractivity contribution < 1.29 is 0 Å². The van der Waals surface area contributed by atoms with Crippen LogP contribution in [0, 0.1) is 5.41 Å². The van der Waals surface area contributed by atoms with Crippen LogP contribution in [0.15, 0.2) is 4.99 Å². The zero-order valence-corrected chi connectivity index (χ0v) is 8.35. The van der Waals surface area contributed by atoms with Gasteiger partial charge in [0.15, 0.2) is 11.9 Å². The molecule has 5 heteroatoms. The SMILES string of the molecule is CCCCCN/C(=N\C)NC(=N)N. The van der Waals surface area contributed by atoms with Gasteiger partial charge in [-0.2, -0.15) is 0 Å². The molecule has 0 aliphatic rings. The Morgan fingerprint density at radius 1 is 1.46 bits per heavy atom. The zero-order chi connectivity index (χ0) is 10.1. The minimum Gasteiger partial charge on any atom is -0.370 e. The first-order chi connectivity index (χ1) is 6.20. The Morgan fingerprint density at radius 3 is 2.62 bits per heavy atom. The molecule has 13 heavy (non-hydrogen) atoms. The van der Waals surface area contributed by atoms with E-state index in [9.17, 15) is 0 Å². The quantitative estimate of drug-likeness (QED) is 0.287. The van der Waals surface area contributed by atoms with Gasteiger partial charge in [0.25, 0.3) is 0 Å². The maximum atomic E-state index is 6.99. The number of hydrogen-bond donors (Lipinski definition) is 4. The summed E-state index contributed by atoms with van der Waals surface area (Å²) in [4.78, 5) is 3.90. The van der Waals surface area contributed by atoms with Crippen molar-refractivity contribution in [2.75, 3.05) is 13.6 Å². The number of rotatable bonds is 4. The van der Waals surface area contributed by atoms with E-state index in [0.29, 0.717) is 5.96 Å². The topological polar surface area (TPSA) is 86.3 Å². The van der Waals surface area contributed by atoms with Crippen molar-refractivity contribution >= 4 is 11.9 Å². The number of nitrogens with zero attached hydrogens (tertiary/aromatic N) is 1. The van der Waals surface area contributed by atoms with E-state index in [-0.39, 0.29) is 5.96 Å². The van der Waals surface area contributed by atoms with Gasteiger partial charge in [0.05, 0.1) is 0 Å². The van der Waals surface area contributed by atoms with E-state index in [1.807, 2.05) is 0 Å². The van der Waals surface area contributed by atoms with Crippen LogP contribution in [0.1, 0.15) is 26.2 Å². The summed E-state index contributed by atoms with van der Waals surface area (Å²) < 4.78 is 0. The Balaban J connectivity index is 3.55. The van der Waals surface area contributed by atoms with Crippen LogP contribution in [-0.4, -0.2) is 25.5 Å². The minimum atomic E-state index is -0.0939. The summed E-state index contributed by atoms with van der Waals surface area (Å²) in [5, 5.41) is 12.7. The lowest BCUT2D eigenvalue weighted by molar-refractivity contribution is 0.690. The zero-order valence-electron chi connectivity index (χ0n) is 8.35. The number of nitrogens with one attached hydrogen (secondary N) is 3. The monoisotopic (exact) mass is 185 g/mol. The summed E-state index contributed by atoms with van der Waals surface area (Å²) >= 11 is 0. The molecule has 0 heterocycles. The minimum absolute atomic E-state index is 0.0939. The molecule has 0 aliphatic carbocycles. The molecule has 0 spiro atoms. The molecular weight excluding hydrogens is 166 g/mol. The molecule has 0 aromatic heterocycles. The molecule has 0 aromatic rings. The Labute approximate surface area is 79.3 Å². The summed E-state index contributed by atoms with van der Waals surface area (Å²) in [5.74, 6) is 0.465. The van der Waals surface area contributed by atoms with Gasteiger partial charge in [-0.05, 0) is 6.42 Å². The molecule has 0 amide bonds. The second-order valence-corrected chi connectivity index (χ2v) is 2.74. The molecule has 5 nitrogen and oxygen atoms in total. The summed E-state index contributed by atoms with van der Waals surface area (Å²) in [6, 6.07) is 0. The highest BCUT2D eigenvalue weighted by Gasteiger charge is 1.96. The third kappa shape index (κ3) is 7.11. The highest BCUT2D eigenvalue weighted by molar-refractivity contribution is 5.96. The maximum absolute atomic E-state index is 6.99. The Hall–Kier alpha value is -1.26. The van der Waals surface area contributed by atoms with Gasteiger partial charge < -0.3 is 11.1 Å². The van der Waals surface area contributed by atoms with Crippen LogP contribution < -0.4 is 16.4 Å². The van der Waals surface area contributed by atoms with Gasteiger partial charge in [-0.15, -0.1) is 0 Å². The smallest absolute Gasteiger partial charge is 0.197 e. The van der Waals surface area contributed by atoms with Crippen molar-refractivity contribution in [3.05, 3.63) is 0 Å². The molecule has 5 N–H and O–H groups in total. The van der Waals surface area contributed by atoms with E-state index in [0.717, 1.165) is 13.0 Å².